The van der Waals surface area contributed by atoms with Crippen LogP contribution in [0, 0.1) is 12.7 Å². The summed E-state index contributed by atoms with van der Waals surface area (Å²) in [5.41, 5.74) is 1.68. The molecule has 4 amide bonds. The highest BCUT2D eigenvalue weighted by Gasteiger charge is 2.32. The zero-order valence-corrected chi connectivity index (χ0v) is 23.6. The first-order chi connectivity index (χ1) is 20.3. The normalized spacial score (nSPS) is 17.0. The molecule has 11 heteroatoms. The summed E-state index contributed by atoms with van der Waals surface area (Å²) in [6, 6.07) is 13.7. The smallest absolute Gasteiger partial charge is 0.324 e. The molecule has 0 bridgehead atoms. The van der Waals surface area contributed by atoms with E-state index in [4.69, 9.17) is 4.74 Å². The van der Waals surface area contributed by atoms with Gasteiger partial charge in [-0.1, -0.05) is 0 Å². The van der Waals surface area contributed by atoms with E-state index in [0.29, 0.717) is 28.7 Å². The number of hydrogen-bond donors (Lipinski definition) is 3. The summed E-state index contributed by atoms with van der Waals surface area (Å²) in [5.74, 6) is 0.0361. The molecule has 0 spiro atoms. The van der Waals surface area contributed by atoms with Crippen LogP contribution < -0.4 is 20.7 Å². The number of aryl methyl sites for hydroxylation is 1. The van der Waals surface area contributed by atoms with Crippen molar-refractivity contribution in [2.24, 2.45) is 0 Å². The molecule has 220 valence electrons. The minimum Gasteiger partial charge on any atom is -0.457 e. The molecule has 0 aliphatic carbocycles. The molecule has 2 aromatic carbocycles. The van der Waals surface area contributed by atoms with E-state index in [1.54, 1.807) is 36.5 Å². The van der Waals surface area contributed by atoms with E-state index >= 15 is 0 Å². The summed E-state index contributed by atoms with van der Waals surface area (Å²) in [5, 5.41) is 8.23. The maximum Gasteiger partial charge on any atom is 0.324 e. The van der Waals surface area contributed by atoms with Gasteiger partial charge in [0.1, 0.15) is 29.6 Å². The van der Waals surface area contributed by atoms with Crippen LogP contribution in [0.1, 0.15) is 44.1 Å². The second-order valence-corrected chi connectivity index (χ2v) is 10.6. The van der Waals surface area contributed by atoms with E-state index in [1.807, 2.05) is 11.8 Å². The number of aromatic nitrogens is 1. The van der Waals surface area contributed by atoms with Gasteiger partial charge < -0.3 is 20.3 Å². The Kier molecular flexibility index (Phi) is 9.28. The van der Waals surface area contributed by atoms with Crippen LogP contribution in [0.25, 0.3) is 0 Å². The highest BCUT2D eigenvalue weighted by atomic mass is 19.1. The van der Waals surface area contributed by atoms with Gasteiger partial charge in [-0.05, 0) is 93.1 Å². The summed E-state index contributed by atoms with van der Waals surface area (Å²) in [4.78, 5) is 46.4. The molecule has 3 heterocycles. The molecule has 10 nitrogen and oxygen atoms in total. The number of pyridine rings is 1. The molecule has 0 radical (unpaired) electrons. The number of likely N-dealkylation sites (tertiary alicyclic amines) is 2. The molecular formula is C31H35FN6O4. The van der Waals surface area contributed by atoms with Crippen LogP contribution in [0.2, 0.25) is 0 Å². The average molecular weight is 575 g/mol. The number of carbonyl (C=O) groups excluding carboxylic acids is 3. The lowest BCUT2D eigenvalue weighted by atomic mass is 10.1. The maximum atomic E-state index is 13.2. The van der Waals surface area contributed by atoms with E-state index in [1.165, 1.54) is 37.1 Å². The Morgan fingerprint density at radius 1 is 0.881 bits per heavy atom. The van der Waals surface area contributed by atoms with E-state index in [-0.39, 0.29) is 12.2 Å². The SMILES string of the molecule is Cc1cc(Oc2ccnc(NC(=O)N3CCCCC3N3CCCC3)c2)ccc1NC(=O)CC(=O)Nc1ccc(F)cc1. The molecule has 2 aliphatic rings. The summed E-state index contributed by atoms with van der Waals surface area (Å²) in [7, 11) is 0. The van der Waals surface area contributed by atoms with Crippen molar-refractivity contribution in [1.82, 2.24) is 14.8 Å². The van der Waals surface area contributed by atoms with Crippen molar-refractivity contribution in [3.8, 4) is 11.5 Å². The summed E-state index contributed by atoms with van der Waals surface area (Å²) >= 11 is 0. The molecule has 3 aromatic rings. The summed E-state index contributed by atoms with van der Waals surface area (Å²) in [6.07, 6.45) is 6.78. The number of ether oxygens (including phenoxy) is 1. The van der Waals surface area contributed by atoms with Gasteiger partial charge in [-0.25, -0.2) is 14.2 Å². The van der Waals surface area contributed by atoms with Gasteiger partial charge in [0.05, 0.1) is 6.17 Å². The van der Waals surface area contributed by atoms with Gasteiger partial charge in [-0.3, -0.25) is 19.8 Å². The van der Waals surface area contributed by atoms with E-state index in [2.05, 4.69) is 25.8 Å². The molecule has 42 heavy (non-hydrogen) atoms. The van der Waals surface area contributed by atoms with Crippen molar-refractivity contribution in [1.29, 1.82) is 0 Å². The topological polar surface area (TPSA) is 116 Å². The van der Waals surface area contributed by atoms with Gasteiger partial charge in [0.25, 0.3) is 0 Å². The third-order valence-corrected chi connectivity index (χ3v) is 7.42. The highest BCUT2D eigenvalue weighted by Crippen LogP contribution is 2.28. The second kappa shape index (κ2) is 13.4. The van der Waals surface area contributed by atoms with Crippen LogP contribution in [-0.2, 0) is 9.59 Å². The molecule has 3 N–H and O–H groups in total. The minimum atomic E-state index is -0.510. The van der Waals surface area contributed by atoms with E-state index in [9.17, 15) is 18.8 Å². The first-order valence-corrected chi connectivity index (χ1v) is 14.3. The number of benzene rings is 2. The summed E-state index contributed by atoms with van der Waals surface area (Å²) < 4.78 is 19.1. The van der Waals surface area contributed by atoms with Gasteiger partial charge in [0.15, 0.2) is 0 Å². The van der Waals surface area contributed by atoms with E-state index < -0.39 is 24.1 Å². The number of rotatable bonds is 8. The van der Waals surface area contributed by atoms with Crippen LogP contribution in [0.15, 0.2) is 60.8 Å². The Bertz CT molecular complexity index is 1430. The van der Waals surface area contributed by atoms with Gasteiger partial charge >= 0.3 is 6.03 Å². The van der Waals surface area contributed by atoms with Crippen molar-refractivity contribution in [2.75, 3.05) is 35.6 Å². The number of nitrogens with one attached hydrogen (secondary N) is 3. The maximum absolute atomic E-state index is 13.2. The predicted octanol–water partition coefficient (Wildman–Crippen LogP) is 5.73. The Hall–Kier alpha value is -4.51. The average Bonchev–Trinajstić information content (AvgIpc) is 3.51. The van der Waals surface area contributed by atoms with Crippen LogP contribution >= 0.6 is 0 Å². The van der Waals surface area contributed by atoms with Gasteiger partial charge in [-0.2, -0.15) is 0 Å². The number of anilines is 3. The molecular weight excluding hydrogens is 539 g/mol. The lowest BCUT2D eigenvalue weighted by Gasteiger charge is -2.40. The molecule has 5 rings (SSSR count). The number of nitrogens with zero attached hydrogens (tertiary/aromatic N) is 3. The molecule has 1 unspecified atom stereocenters. The number of urea groups is 1. The van der Waals surface area contributed by atoms with E-state index in [0.717, 1.165) is 44.5 Å². The zero-order valence-electron chi connectivity index (χ0n) is 23.6. The molecule has 1 aromatic heterocycles. The Morgan fingerprint density at radius 2 is 1.60 bits per heavy atom. The molecule has 2 fully saturated rings. The molecule has 2 saturated heterocycles. The van der Waals surface area contributed by atoms with Crippen molar-refractivity contribution >= 4 is 35.0 Å². The monoisotopic (exact) mass is 574 g/mol. The summed E-state index contributed by atoms with van der Waals surface area (Å²) in [6.45, 7) is 4.61. The van der Waals surface area contributed by atoms with Crippen molar-refractivity contribution in [2.45, 2.75) is 51.6 Å². The largest absolute Gasteiger partial charge is 0.457 e. The van der Waals surface area contributed by atoms with Crippen LogP contribution in [0.4, 0.5) is 26.4 Å². The number of hydrogen-bond acceptors (Lipinski definition) is 6. The fraction of sp³-hybridized carbons (Fsp3) is 0.355. The quantitative estimate of drug-likeness (QED) is 0.296. The molecule has 1 atom stereocenters. The standard InChI is InChI=1S/C31H35FN6O4/c1-21-18-24(11-12-26(21)35-29(40)20-28(39)34-23-9-7-22(32)8-10-23)42-25-13-14-33-27(19-25)36-31(41)38-17-3-2-6-30(38)37-15-4-5-16-37/h7-14,18-19,30H,2-6,15-17,20H2,1H3,(H,34,39)(H,35,40)(H,33,36,41). The van der Waals surface area contributed by atoms with Gasteiger partial charge in [0.2, 0.25) is 11.8 Å². The minimum absolute atomic E-state index is 0.131. The molecule has 0 saturated carbocycles. The molecule has 2 aliphatic heterocycles. The van der Waals surface area contributed by atoms with Crippen molar-refractivity contribution < 1.29 is 23.5 Å². The second-order valence-electron chi connectivity index (χ2n) is 10.6. The fourth-order valence-electron chi connectivity index (χ4n) is 5.35. The number of halogens is 1. The third-order valence-electron chi connectivity index (χ3n) is 7.42. The van der Waals surface area contributed by atoms with Crippen LogP contribution in [-0.4, -0.2) is 58.4 Å². The highest BCUT2D eigenvalue weighted by molar-refractivity contribution is 6.08. The Morgan fingerprint density at radius 3 is 2.36 bits per heavy atom. The lowest BCUT2D eigenvalue weighted by Crippen LogP contribution is -2.53. The number of carbonyl (C=O) groups is 3. The first-order valence-electron chi connectivity index (χ1n) is 14.3. The van der Waals surface area contributed by atoms with Crippen molar-refractivity contribution in [3.05, 3.63) is 72.2 Å². The Balaban J connectivity index is 1.15. The fourth-order valence-corrected chi connectivity index (χ4v) is 5.35. The van der Waals surface area contributed by atoms with Crippen molar-refractivity contribution in [3.63, 3.8) is 0 Å². The number of amides is 4. The van der Waals surface area contributed by atoms with Gasteiger partial charge in [0, 0.05) is 43.3 Å². The zero-order chi connectivity index (χ0) is 29.5. The third kappa shape index (κ3) is 7.61. The lowest BCUT2D eigenvalue weighted by molar-refractivity contribution is -0.123. The van der Waals surface area contributed by atoms with Crippen LogP contribution in [0.5, 0.6) is 11.5 Å². The first kappa shape index (κ1) is 29.0. The van der Waals surface area contributed by atoms with Gasteiger partial charge in [-0.15, -0.1) is 0 Å². The Labute approximate surface area is 244 Å². The van der Waals surface area contributed by atoms with Crippen LogP contribution in [0.3, 0.4) is 0 Å². The predicted molar refractivity (Wildman–Crippen MR) is 158 cm³/mol. The number of piperidine rings is 1.